The summed E-state index contributed by atoms with van der Waals surface area (Å²) in [5, 5.41) is 0. The number of hydrogen-bond donors (Lipinski definition) is 0. The zero-order valence-corrected chi connectivity index (χ0v) is 10.1. The first-order chi connectivity index (χ1) is 8.66. The second kappa shape index (κ2) is 5.36. The number of aryl methyl sites for hydroxylation is 1. The summed E-state index contributed by atoms with van der Waals surface area (Å²) >= 11 is 0. The summed E-state index contributed by atoms with van der Waals surface area (Å²) < 4.78 is 0. The molecule has 1 aromatic carbocycles. The van der Waals surface area contributed by atoms with Gasteiger partial charge in [0.25, 0.3) is 0 Å². The summed E-state index contributed by atoms with van der Waals surface area (Å²) in [6.45, 7) is 1.95. The SMILES string of the molecule is Cc1ccc(C(=O)CC(=O)c2cccnc2)cc1. The van der Waals surface area contributed by atoms with Gasteiger partial charge in [0.15, 0.2) is 11.6 Å². The van der Waals surface area contributed by atoms with E-state index in [9.17, 15) is 9.59 Å². The zero-order valence-electron chi connectivity index (χ0n) is 10.1. The molecule has 0 aliphatic carbocycles. The lowest BCUT2D eigenvalue weighted by molar-refractivity contribution is 0.0894. The molecule has 3 heteroatoms. The van der Waals surface area contributed by atoms with Crippen LogP contribution in [-0.2, 0) is 0 Å². The summed E-state index contributed by atoms with van der Waals surface area (Å²) in [7, 11) is 0. The van der Waals surface area contributed by atoms with Gasteiger partial charge in [0.05, 0.1) is 6.42 Å². The predicted molar refractivity (Wildman–Crippen MR) is 68.7 cm³/mol. The van der Waals surface area contributed by atoms with Crippen molar-refractivity contribution in [3.8, 4) is 0 Å². The minimum Gasteiger partial charge on any atom is -0.294 e. The number of pyridine rings is 1. The van der Waals surface area contributed by atoms with E-state index in [0.29, 0.717) is 11.1 Å². The van der Waals surface area contributed by atoms with Gasteiger partial charge in [-0.2, -0.15) is 0 Å². The Hall–Kier alpha value is -2.29. The van der Waals surface area contributed by atoms with E-state index in [4.69, 9.17) is 0 Å². The topological polar surface area (TPSA) is 47.0 Å². The fourth-order valence-electron chi connectivity index (χ4n) is 1.62. The molecular weight excluding hydrogens is 226 g/mol. The van der Waals surface area contributed by atoms with E-state index < -0.39 is 0 Å². The van der Waals surface area contributed by atoms with Crippen LogP contribution >= 0.6 is 0 Å². The predicted octanol–water partition coefficient (Wildman–Crippen LogP) is 2.85. The number of aromatic nitrogens is 1. The molecule has 2 rings (SSSR count). The van der Waals surface area contributed by atoms with Crippen LogP contribution in [0.4, 0.5) is 0 Å². The summed E-state index contributed by atoms with van der Waals surface area (Å²) in [6.07, 6.45) is 2.96. The highest BCUT2D eigenvalue weighted by Crippen LogP contribution is 2.09. The van der Waals surface area contributed by atoms with Crippen molar-refractivity contribution >= 4 is 11.6 Å². The first-order valence-electron chi connectivity index (χ1n) is 5.70. The van der Waals surface area contributed by atoms with Crippen LogP contribution in [0, 0.1) is 6.92 Å². The summed E-state index contributed by atoms with van der Waals surface area (Å²) in [5.74, 6) is -0.363. The molecule has 0 bridgehead atoms. The second-order valence-electron chi connectivity index (χ2n) is 4.13. The molecule has 0 aliphatic heterocycles. The fourth-order valence-corrected chi connectivity index (χ4v) is 1.62. The van der Waals surface area contributed by atoms with Crippen molar-refractivity contribution in [1.29, 1.82) is 0 Å². The third kappa shape index (κ3) is 2.88. The smallest absolute Gasteiger partial charge is 0.172 e. The van der Waals surface area contributed by atoms with E-state index in [1.165, 1.54) is 6.20 Å². The van der Waals surface area contributed by atoms with Crippen molar-refractivity contribution in [3.63, 3.8) is 0 Å². The number of benzene rings is 1. The Morgan fingerprint density at radius 2 is 1.67 bits per heavy atom. The highest BCUT2D eigenvalue weighted by atomic mass is 16.1. The van der Waals surface area contributed by atoms with Crippen LogP contribution < -0.4 is 0 Å². The monoisotopic (exact) mass is 239 g/mol. The van der Waals surface area contributed by atoms with Crippen molar-refractivity contribution in [2.24, 2.45) is 0 Å². The molecule has 0 fully saturated rings. The van der Waals surface area contributed by atoms with Crippen LogP contribution in [0.3, 0.4) is 0 Å². The Labute approximate surface area is 105 Å². The molecule has 0 saturated heterocycles. The van der Waals surface area contributed by atoms with Gasteiger partial charge in [0.1, 0.15) is 0 Å². The first kappa shape index (κ1) is 12.2. The van der Waals surface area contributed by atoms with E-state index in [0.717, 1.165) is 5.56 Å². The Balaban J connectivity index is 2.08. The van der Waals surface area contributed by atoms with E-state index in [-0.39, 0.29) is 18.0 Å². The van der Waals surface area contributed by atoms with Crippen LogP contribution in [0.15, 0.2) is 48.8 Å². The highest BCUT2D eigenvalue weighted by Gasteiger charge is 2.13. The third-order valence-electron chi connectivity index (χ3n) is 2.68. The third-order valence-corrected chi connectivity index (χ3v) is 2.68. The molecule has 0 atom stereocenters. The van der Waals surface area contributed by atoms with Gasteiger partial charge in [-0.3, -0.25) is 14.6 Å². The minimum atomic E-state index is -0.200. The van der Waals surface area contributed by atoms with Crippen LogP contribution in [0.1, 0.15) is 32.7 Å². The average molecular weight is 239 g/mol. The van der Waals surface area contributed by atoms with Crippen LogP contribution in [0.2, 0.25) is 0 Å². The highest BCUT2D eigenvalue weighted by molar-refractivity contribution is 6.13. The van der Waals surface area contributed by atoms with Crippen LogP contribution in [0.5, 0.6) is 0 Å². The standard InChI is InChI=1S/C15H13NO2/c1-11-4-6-12(7-5-11)14(17)9-15(18)13-3-2-8-16-10-13/h2-8,10H,9H2,1H3. The van der Waals surface area contributed by atoms with Crippen molar-refractivity contribution in [3.05, 3.63) is 65.5 Å². The second-order valence-corrected chi connectivity index (χ2v) is 4.13. The molecule has 3 nitrogen and oxygen atoms in total. The maximum atomic E-state index is 11.9. The van der Waals surface area contributed by atoms with Crippen molar-refractivity contribution in [2.75, 3.05) is 0 Å². The normalized spacial score (nSPS) is 10.1. The lowest BCUT2D eigenvalue weighted by atomic mass is 10.0. The Morgan fingerprint density at radius 1 is 1.00 bits per heavy atom. The molecule has 0 amide bonds. The van der Waals surface area contributed by atoms with Crippen molar-refractivity contribution in [1.82, 2.24) is 4.98 Å². The lowest BCUT2D eigenvalue weighted by Crippen LogP contribution is -2.08. The molecule has 1 aromatic heterocycles. The van der Waals surface area contributed by atoms with Gasteiger partial charge in [0, 0.05) is 23.5 Å². The molecular formula is C15H13NO2. The van der Waals surface area contributed by atoms with Gasteiger partial charge in [0.2, 0.25) is 0 Å². The van der Waals surface area contributed by atoms with E-state index in [1.807, 2.05) is 19.1 Å². The number of carbonyl (C=O) groups excluding carboxylic acids is 2. The lowest BCUT2D eigenvalue weighted by Gasteiger charge is -2.01. The van der Waals surface area contributed by atoms with Gasteiger partial charge in [-0.25, -0.2) is 0 Å². The maximum Gasteiger partial charge on any atom is 0.172 e. The molecule has 2 aromatic rings. The van der Waals surface area contributed by atoms with E-state index >= 15 is 0 Å². The van der Waals surface area contributed by atoms with Crippen LogP contribution in [0.25, 0.3) is 0 Å². The minimum absolute atomic E-state index is 0.116. The Morgan fingerprint density at radius 3 is 2.28 bits per heavy atom. The van der Waals surface area contributed by atoms with Gasteiger partial charge in [-0.05, 0) is 19.1 Å². The quantitative estimate of drug-likeness (QED) is 0.608. The molecule has 0 aliphatic rings. The molecule has 18 heavy (non-hydrogen) atoms. The Kier molecular flexibility index (Phi) is 3.63. The van der Waals surface area contributed by atoms with Gasteiger partial charge < -0.3 is 0 Å². The number of carbonyl (C=O) groups is 2. The molecule has 90 valence electrons. The van der Waals surface area contributed by atoms with Gasteiger partial charge >= 0.3 is 0 Å². The zero-order chi connectivity index (χ0) is 13.0. The maximum absolute atomic E-state index is 11.9. The number of hydrogen-bond acceptors (Lipinski definition) is 3. The summed E-state index contributed by atoms with van der Waals surface area (Å²) in [4.78, 5) is 27.6. The molecule has 0 unspecified atom stereocenters. The largest absolute Gasteiger partial charge is 0.294 e. The summed E-state index contributed by atoms with van der Waals surface area (Å²) in [6, 6.07) is 10.6. The number of rotatable bonds is 4. The molecule has 0 saturated carbocycles. The Bertz CT molecular complexity index is 559. The molecule has 0 N–H and O–H groups in total. The first-order valence-corrected chi connectivity index (χ1v) is 5.70. The van der Waals surface area contributed by atoms with Gasteiger partial charge in [-0.1, -0.05) is 29.8 Å². The van der Waals surface area contributed by atoms with Gasteiger partial charge in [-0.15, -0.1) is 0 Å². The van der Waals surface area contributed by atoms with E-state index in [2.05, 4.69) is 4.98 Å². The fraction of sp³-hybridized carbons (Fsp3) is 0.133. The number of Topliss-reactive ketones (excluding diaryl/α,β-unsaturated/α-hetero) is 2. The molecule has 1 heterocycles. The molecule has 0 radical (unpaired) electrons. The van der Waals surface area contributed by atoms with Crippen LogP contribution in [-0.4, -0.2) is 16.6 Å². The number of ketones is 2. The summed E-state index contributed by atoms with van der Waals surface area (Å²) in [5.41, 5.74) is 2.13. The van der Waals surface area contributed by atoms with E-state index in [1.54, 1.807) is 30.5 Å². The van der Waals surface area contributed by atoms with Crippen molar-refractivity contribution in [2.45, 2.75) is 13.3 Å². The average Bonchev–Trinajstić information content (AvgIpc) is 2.40. The molecule has 0 spiro atoms. The van der Waals surface area contributed by atoms with Crippen molar-refractivity contribution < 1.29 is 9.59 Å². The number of nitrogens with zero attached hydrogens (tertiary/aromatic N) is 1.